The first-order valence-electron chi connectivity index (χ1n) is 8.78. The molecule has 1 N–H and O–H groups in total. The van der Waals surface area contributed by atoms with Crippen molar-refractivity contribution in [2.75, 3.05) is 19.0 Å². The molecule has 1 heterocycles. The number of nitrogens with zero attached hydrogens (tertiary/aromatic N) is 2. The van der Waals surface area contributed by atoms with Crippen molar-refractivity contribution < 1.29 is 14.5 Å². The third-order valence-corrected chi connectivity index (χ3v) is 4.33. The molecule has 4 heteroatoms. The van der Waals surface area contributed by atoms with E-state index in [2.05, 4.69) is 41.3 Å². The van der Waals surface area contributed by atoms with Crippen LogP contribution in [0.4, 0.5) is 5.69 Å². The maximum Gasteiger partial charge on any atom is 0.335 e. The first-order valence-corrected chi connectivity index (χ1v) is 8.78. The van der Waals surface area contributed by atoms with Gasteiger partial charge in [-0.25, -0.2) is 9.36 Å². The lowest BCUT2D eigenvalue weighted by molar-refractivity contribution is -0.688. The molecule has 3 aromatic rings. The third-order valence-electron chi connectivity index (χ3n) is 4.33. The minimum absolute atomic E-state index is 0.313. The van der Waals surface area contributed by atoms with Crippen LogP contribution in [0.25, 0.3) is 12.2 Å². The van der Waals surface area contributed by atoms with E-state index in [4.69, 9.17) is 5.11 Å². The number of hydrogen-bond acceptors (Lipinski definition) is 2. The number of aromatic nitrogens is 1. The van der Waals surface area contributed by atoms with E-state index in [1.54, 1.807) is 18.2 Å². The van der Waals surface area contributed by atoms with Crippen LogP contribution in [0.5, 0.6) is 0 Å². The number of pyridine rings is 1. The normalized spacial score (nSPS) is 10.9. The van der Waals surface area contributed by atoms with Crippen LogP contribution >= 0.6 is 0 Å². The number of carboxylic acid groups (broad SMARTS) is 1. The van der Waals surface area contributed by atoms with Crippen LogP contribution < -0.4 is 9.47 Å². The Hall–Kier alpha value is -3.40. The van der Waals surface area contributed by atoms with E-state index in [9.17, 15) is 4.79 Å². The largest absolute Gasteiger partial charge is 0.478 e. The molecular weight excluding hydrogens is 336 g/mol. The van der Waals surface area contributed by atoms with Crippen molar-refractivity contribution in [2.45, 2.75) is 6.54 Å². The van der Waals surface area contributed by atoms with Gasteiger partial charge in [0.15, 0.2) is 18.9 Å². The summed E-state index contributed by atoms with van der Waals surface area (Å²) in [6.07, 6.45) is 8.18. The summed E-state index contributed by atoms with van der Waals surface area (Å²) >= 11 is 0. The fraction of sp³-hybridized carbons (Fsp3) is 0.130. The van der Waals surface area contributed by atoms with Gasteiger partial charge in [0.05, 0.1) is 5.56 Å². The fourth-order valence-electron chi connectivity index (χ4n) is 2.77. The highest BCUT2D eigenvalue weighted by molar-refractivity contribution is 5.87. The van der Waals surface area contributed by atoms with Crippen LogP contribution in [-0.2, 0) is 6.54 Å². The molecule has 0 fully saturated rings. The van der Waals surface area contributed by atoms with Gasteiger partial charge in [-0.05, 0) is 35.4 Å². The van der Waals surface area contributed by atoms with Gasteiger partial charge in [-0.15, -0.1) is 0 Å². The number of rotatable bonds is 6. The van der Waals surface area contributed by atoms with Crippen LogP contribution in [0.3, 0.4) is 0 Å². The second-order valence-corrected chi connectivity index (χ2v) is 6.63. The Morgan fingerprint density at radius 1 is 0.963 bits per heavy atom. The molecule has 0 spiro atoms. The first-order chi connectivity index (χ1) is 13.0. The Morgan fingerprint density at radius 3 is 2.19 bits per heavy atom. The summed E-state index contributed by atoms with van der Waals surface area (Å²) in [5.41, 5.74) is 4.72. The molecule has 27 heavy (non-hydrogen) atoms. The average molecular weight is 359 g/mol. The number of anilines is 1. The van der Waals surface area contributed by atoms with Gasteiger partial charge in [0, 0.05) is 37.5 Å². The molecule has 1 aromatic heterocycles. The number of aromatic carboxylic acids is 1. The van der Waals surface area contributed by atoms with Gasteiger partial charge >= 0.3 is 5.97 Å². The van der Waals surface area contributed by atoms with E-state index in [1.807, 2.05) is 49.3 Å². The van der Waals surface area contributed by atoms with E-state index < -0.39 is 5.97 Å². The molecule has 0 unspecified atom stereocenters. The molecule has 0 radical (unpaired) electrons. The molecule has 0 aliphatic carbocycles. The summed E-state index contributed by atoms with van der Waals surface area (Å²) in [6, 6.07) is 19.5. The van der Waals surface area contributed by atoms with Gasteiger partial charge in [0.1, 0.15) is 0 Å². The van der Waals surface area contributed by atoms with Gasteiger partial charge in [0.2, 0.25) is 0 Å². The molecule has 2 aromatic carbocycles. The minimum atomic E-state index is -0.902. The molecule has 4 nitrogen and oxygen atoms in total. The van der Waals surface area contributed by atoms with Crippen molar-refractivity contribution in [1.82, 2.24) is 0 Å². The lowest BCUT2D eigenvalue weighted by Crippen LogP contribution is -2.33. The first kappa shape index (κ1) is 18.4. The smallest absolute Gasteiger partial charge is 0.335 e. The van der Waals surface area contributed by atoms with E-state index in [0.29, 0.717) is 12.1 Å². The van der Waals surface area contributed by atoms with Gasteiger partial charge in [-0.2, -0.15) is 0 Å². The zero-order valence-electron chi connectivity index (χ0n) is 15.5. The maximum absolute atomic E-state index is 11.1. The molecule has 0 saturated heterocycles. The number of benzene rings is 2. The maximum atomic E-state index is 11.1. The summed E-state index contributed by atoms with van der Waals surface area (Å²) < 4.78 is 2.03. The summed E-state index contributed by atoms with van der Waals surface area (Å²) in [4.78, 5) is 13.2. The second-order valence-electron chi connectivity index (χ2n) is 6.63. The van der Waals surface area contributed by atoms with Gasteiger partial charge < -0.3 is 10.0 Å². The SMILES string of the molecule is CN(C)c1ccc(/C=C\c2cc[n+](Cc3cccc(C(=O)O)c3)cc2)cc1. The molecule has 3 rings (SSSR count). The van der Waals surface area contributed by atoms with Crippen LogP contribution in [0.2, 0.25) is 0 Å². The minimum Gasteiger partial charge on any atom is -0.478 e. The van der Waals surface area contributed by atoms with E-state index in [-0.39, 0.29) is 0 Å². The van der Waals surface area contributed by atoms with Crippen LogP contribution in [-0.4, -0.2) is 25.2 Å². The molecule has 0 amide bonds. The van der Waals surface area contributed by atoms with Crippen molar-refractivity contribution in [3.05, 3.63) is 95.3 Å². The van der Waals surface area contributed by atoms with Crippen molar-refractivity contribution in [3.63, 3.8) is 0 Å². The highest BCUT2D eigenvalue weighted by Gasteiger charge is 2.07. The summed E-state index contributed by atoms with van der Waals surface area (Å²) in [7, 11) is 4.06. The molecule has 136 valence electrons. The topological polar surface area (TPSA) is 44.4 Å². The molecule has 0 aliphatic heterocycles. The van der Waals surface area contributed by atoms with Crippen molar-refractivity contribution in [1.29, 1.82) is 0 Å². The zero-order chi connectivity index (χ0) is 19.2. The second kappa shape index (κ2) is 8.32. The molecule has 0 bridgehead atoms. The lowest BCUT2D eigenvalue weighted by atomic mass is 10.1. The van der Waals surface area contributed by atoms with Crippen molar-refractivity contribution >= 4 is 23.8 Å². The molecule has 0 aliphatic rings. The van der Waals surface area contributed by atoms with Gasteiger partial charge in [0.25, 0.3) is 0 Å². The van der Waals surface area contributed by atoms with Gasteiger partial charge in [-0.1, -0.05) is 36.4 Å². The predicted molar refractivity (Wildman–Crippen MR) is 109 cm³/mol. The predicted octanol–water partition coefficient (Wildman–Crippen LogP) is 3.96. The Bertz CT molecular complexity index is 943. The molecular formula is C23H23N2O2+. The number of hydrogen-bond donors (Lipinski definition) is 1. The standard InChI is InChI=1S/C23H22N2O2/c1-24(2)22-10-8-18(9-11-22)6-7-19-12-14-25(15-13-19)17-20-4-3-5-21(16-20)23(26)27/h3-16H,17H2,1-2H3/p+1. The highest BCUT2D eigenvalue weighted by atomic mass is 16.4. The summed E-state index contributed by atoms with van der Waals surface area (Å²) in [5.74, 6) is -0.902. The fourth-order valence-corrected chi connectivity index (χ4v) is 2.77. The Labute approximate surface area is 159 Å². The van der Waals surface area contributed by atoms with E-state index in [0.717, 1.165) is 16.7 Å². The third kappa shape index (κ3) is 5.05. The van der Waals surface area contributed by atoms with Crippen molar-refractivity contribution in [3.8, 4) is 0 Å². The molecule has 0 atom stereocenters. The lowest BCUT2D eigenvalue weighted by Gasteiger charge is -2.11. The monoisotopic (exact) mass is 359 g/mol. The summed E-state index contributed by atoms with van der Waals surface area (Å²) in [6.45, 7) is 0.636. The van der Waals surface area contributed by atoms with Crippen LogP contribution in [0.15, 0.2) is 73.1 Å². The van der Waals surface area contributed by atoms with Crippen LogP contribution in [0, 0.1) is 0 Å². The highest BCUT2D eigenvalue weighted by Crippen LogP contribution is 2.14. The van der Waals surface area contributed by atoms with Gasteiger partial charge in [-0.3, -0.25) is 0 Å². The Balaban J connectivity index is 1.66. The number of carbonyl (C=O) groups is 1. The number of carboxylic acids is 1. The Morgan fingerprint density at radius 2 is 1.59 bits per heavy atom. The summed E-state index contributed by atoms with van der Waals surface area (Å²) in [5, 5.41) is 9.09. The average Bonchev–Trinajstić information content (AvgIpc) is 2.68. The zero-order valence-corrected chi connectivity index (χ0v) is 15.5. The molecule has 0 saturated carbocycles. The van der Waals surface area contributed by atoms with E-state index >= 15 is 0 Å². The van der Waals surface area contributed by atoms with E-state index in [1.165, 1.54) is 5.69 Å². The quantitative estimate of drug-likeness (QED) is 0.678. The van der Waals surface area contributed by atoms with Crippen LogP contribution in [0.1, 0.15) is 27.0 Å². The Kier molecular flexibility index (Phi) is 5.67. The van der Waals surface area contributed by atoms with Crippen molar-refractivity contribution in [2.24, 2.45) is 0 Å².